The Kier molecular flexibility index (Phi) is 5.23. The van der Waals surface area contributed by atoms with Gasteiger partial charge in [0, 0.05) is 23.7 Å². The monoisotopic (exact) mass is 445 g/mol. The van der Waals surface area contributed by atoms with E-state index in [2.05, 4.69) is 9.97 Å². The molecule has 0 radical (unpaired) electrons. The number of carbonyl (C=O) groups excluding carboxylic acids is 1. The third-order valence-electron chi connectivity index (χ3n) is 5.23. The van der Waals surface area contributed by atoms with Crippen molar-refractivity contribution in [3.05, 3.63) is 71.4 Å². The molecular weight excluding hydrogens is 426 g/mol. The lowest BCUT2D eigenvalue weighted by molar-refractivity contribution is -0.137. The first-order chi connectivity index (χ1) is 15.1. The summed E-state index contributed by atoms with van der Waals surface area (Å²) in [6.45, 7) is 3.31. The number of imidazole rings is 1. The second-order valence-electron chi connectivity index (χ2n) is 7.68. The molecule has 6 nitrogen and oxygen atoms in total. The van der Waals surface area contributed by atoms with Crippen molar-refractivity contribution in [2.24, 2.45) is 0 Å². The van der Waals surface area contributed by atoms with E-state index in [1.165, 1.54) is 4.90 Å². The Hall–Kier alpha value is -3.69. The number of nitrogens with two attached hydrogens (primary N) is 1. The normalized spacial score (nSPS) is 12.1. The number of anilines is 1. The van der Waals surface area contributed by atoms with Crippen LogP contribution in [0, 0.1) is 5.82 Å². The number of carbonyl (C=O) groups is 1. The van der Waals surface area contributed by atoms with E-state index in [0.717, 1.165) is 12.1 Å². The predicted molar refractivity (Wildman–Crippen MR) is 111 cm³/mol. The van der Waals surface area contributed by atoms with Crippen molar-refractivity contribution in [3.8, 4) is 0 Å². The minimum atomic E-state index is -4.64. The third-order valence-corrected chi connectivity index (χ3v) is 5.23. The zero-order valence-corrected chi connectivity index (χ0v) is 17.2. The molecule has 166 valence electrons. The van der Waals surface area contributed by atoms with Crippen molar-refractivity contribution in [2.45, 2.75) is 32.6 Å². The summed E-state index contributed by atoms with van der Waals surface area (Å²) in [4.78, 5) is 23.0. The highest BCUT2D eigenvalue weighted by Gasteiger charge is 2.31. The second kappa shape index (κ2) is 7.77. The molecule has 2 aromatic carbocycles. The lowest BCUT2D eigenvalue weighted by atomic mass is 10.1. The summed E-state index contributed by atoms with van der Waals surface area (Å²) in [6.07, 6.45) is -1.53. The molecule has 0 fully saturated rings. The molecular formula is C22H19F4N5O. The van der Waals surface area contributed by atoms with Crippen molar-refractivity contribution in [1.29, 1.82) is 0 Å². The van der Waals surface area contributed by atoms with E-state index in [9.17, 15) is 22.4 Å². The molecule has 0 aliphatic heterocycles. The number of fused-ring (bicyclic) bond motifs is 3. The number of halogens is 4. The number of alkyl halides is 3. The zero-order valence-electron chi connectivity index (χ0n) is 17.2. The molecule has 0 aliphatic carbocycles. The highest BCUT2D eigenvalue weighted by atomic mass is 19.4. The lowest BCUT2D eigenvalue weighted by Gasteiger charge is -2.27. The summed E-state index contributed by atoms with van der Waals surface area (Å²) in [5, 5.41) is 0. The third kappa shape index (κ3) is 3.83. The van der Waals surface area contributed by atoms with Crippen LogP contribution in [0.5, 0.6) is 0 Å². The number of benzene rings is 2. The Morgan fingerprint density at radius 1 is 1.16 bits per heavy atom. The number of rotatable bonds is 4. The minimum absolute atomic E-state index is 0.00715. The van der Waals surface area contributed by atoms with Gasteiger partial charge < -0.3 is 10.6 Å². The van der Waals surface area contributed by atoms with Gasteiger partial charge in [0.2, 0.25) is 0 Å². The van der Waals surface area contributed by atoms with Crippen LogP contribution in [0.4, 0.5) is 23.4 Å². The smallest absolute Gasteiger partial charge is 0.382 e. The Balaban J connectivity index is 1.70. The van der Waals surface area contributed by atoms with Gasteiger partial charge in [0.05, 0.1) is 29.1 Å². The fourth-order valence-electron chi connectivity index (χ4n) is 3.50. The summed E-state index contributed by atoms with van der Waals surface area (Å²) < 4.78 is 54.6. The van der Waals surface area contributed by atoms with E-state index in [1.807, 2.05) is 0 Å². The van der Waals surface area contributed by atoms with Gasteiger partial charge in [0.15, 0.2) is 0 Å². The molecule has 0 atom stereocenters. The fraction of sp³-hybridized carbons (Fsp3) is 0.227. The van der Waals surface area contributed by atoms with Crippen molar-refractivity contribution in [1.82, 2.24) is 19.3 Å². The van der Waals surface area contributed by atoms with Crippen LogP contribution in [0.1, 0.15) is 35.3 Å². The lowest BCUT2D eigenvalue weighted by Crippen LogP contribution is -2.36. The maximum Gasteiger partial charge on any atom is 0.416 e. The average Bonchev–Trinajstić information content (AvgIpc) is 3.22. The highest BCUT2D eigenvalue weighted by Crippen LogP contribution is 2.31. The maximum absolute atomic E-state index is 14.4. The Labute approximate surface area is 180 Å². The van der Waals surface area contributed by atoms with Crippen LogP contribution in [-0.4, -0.2) is 31.2 Å². The molecule has 10 heteroatoms. The Morgan fingerprint density at radius 2 is 1.91 bits per heavy atom. The van der Waals surface area contributed by atoms with E-state index >= 15 is 0 Å². The first kappa shape index (κ1) is 21.5. The van der Waals surface area contributed by atoms with Gasteiger partial charge in [-0.05, 0) is 44.2 Å². The van der Waals surface area contributed by atoms with Gasteiger partial charge in [-0.15, -0.1) is 0 Å². The first-order valence-corrected chi connectivity index (χ1v) is 9.74. The minimum Gasteiger partial charge on any atom is -0.382 e. The predicted octanol–water partition coefficient (Wildman–Crippen LogP) is 4.67. The number of hydrogen-bond acceptors (Lipinski definition) is 4. The topological polar surface area (TPSA) is 76.5 Å². The summed E-state index contributed by atoms with van der Waals surface area (Å²) >= 11 is 0. The second-order valence-corrected chi connectivity index (χ2v) is 7.68. The summed E-state index contributed by atoms with van der Waals surface area (Å²) in [5.41, 5.74) is 6.94. The van der Waals surface area contributed by atoms with E-state index in [0.29, 0.717) is 34.0 Å². The number of nitrogen functional groups attached to an aromatic ring is 1. The van der Waals surface area contributed by atoms with E-state index < -0.39 is 23.5 Å². The summed E-state index contributed by atoms with van der Waals surface area (Å²) in [6, 6.07) is 6.84. The zero-order chi connectivity index (χ0) is 23.2. The van der Waals surface area contributed by atoms with Gasteiger partial charge in [-0.3, -0.25) is 9.20 Å². The molecule has 0 saturated carbocycles. The molecule has 2 heterocycles. The van der Waals surface area contributed by atoms with Crippen molar-refractivity contribution in [3.63, 3.8) is 0 Å². The first-order valence-electron chi connectivity index (χ1n) is 9.74. The summed E-state index contributed by atoms with van der Waals surface area (Å²) in [5.74, 6) is -1.11. The van der Waals surface area contributed by atoms with Crippen LogP contribution >= 0.6 is 0 Å². The van der Waals surface area contributed by atoms with Crippen LogP contribution in [0.25, 0.3) is 16.6 Å². The summed E-state index contributed by atoms with van der Waals surface area (Å²) in [7, 11) is 0. The largest absolute Gasteiger partial charge is 0.416 e. The Bertz CT molecular complexity index is 1330. The molecule has 0 unspecified atom stereocenters. The van der Waals surface area contributed by atoms with Crippen LogP contribution in [0.15, 0.2) is 48.9 Å². The van der Waals surface area contributed by atoms with Crippen LogP contribution in [0.3, 0.4) is 0 Å². The average molecular weight is 445 g/mol. The SMILES string of the molecule is CC(C)N(Cc1ccc(C(F)(F)F)cc1F)C(=O)c1ccc2nc(N)c3cncn3c2c1. The molecule has 2 N–H and O–H groups in total. The molecule has 2 aromatic heterocycles. The quantitative estimate of drug-likeness (QED) is 0.463. The molecule has 4 aromatic rings. The van der Waals surface area contributed by atoms with Crippen molar-refractivity contribution < 1.29 is 22.4 Å². The van der Waals surface area contributed by atoms with Gasteiger partial charge in [-0.25, -0.2) is 14.4 Å². The fourth-order valence-corrected chi connectivity index (χ4v) is 3.50. The molecule has 0 bridgehead atoms. The van der Waals surface area contributed by atoms with Gasteiger partial charge in [-0.1, -0.05) is 6.07 Å². The van der Waals surface area contributed by atoms with Crippen LogP contribution < -0.4 is 5.73 Å². The van der Waals surface area contributed by atoms with Gasteiger partial charge in [-0.2, -0.15) is 13.2 Å². The van der Waals surface area contributed by atoms with Crippen LogP contribution in [-0.2, 0) is 12.7 Å². The van der Waals surface area contributed by atoms with Gasteiger partial charge >= 0.3 is 6.18 Å². The molecule has 1 amide bonds. The van der Waals surface area contributed by atoms with Crippen LogP contribution in [0.2, 0.25) is 0 Å². The highest BCUT2D eigenvalue weighted by molar-refractivity contribution is 5.98. The van der Waals surface area contributed by atoms with Gasteiger partial charge in [0.25, 0.3) is 5.91 Å². The molecule has 4 rings (SSSR count). The number of amides is 1. The van der Waals surface area contributed by atoms with E-state index in [-0.39, 0.29) is 18.2 Å². The molecule has 0 saturated heterocycles. The molecule has 32 heavy (non-hydrogen) atoms. The number of nitrogens with zero attached hydrogens (tertiary/aromatic N) is 4. The van der Waals surface area contributed by atoms with E-state index in [1.54, 1.807) is 49.0 Å². The number of hydrogen-bond donors (Lipinski definition) is 1. The number of aromatic nitrogens is 3. The molecule has 0 aliphatic rings. The standard InChI is InChI=1S/C22H19F4N5O/c1-12(2)30(10-14-3-5-15(8-16(14)23)22(24,25)26)21(32)13-4-6-17-18(7-13)31-11-28-9-19(31)20(27)29-17/h3-9,11-12H,10H2,1-2H3,(H2,27,29). The van der Waals surface area contributed by atoms with Crippen molar-refractivity contribution >= 4 is 28.3 Å². The Morgan fingerprint density at radius 3 is 2.56 bits per heavy atom. The van der Waals surface area contributed by atoms with Gasteiger partial charge in [0.1, 0.15) is 17.2 Å². The maximum atomic E-state index is 14.4. The van der Waals surface area contributed by atoms with Crippen molar-refractivity contribution in [2.75, 3.05) is 5.73 Å². The van der Waals surface area contributed by atoms with E-state index in [4.69, 9.17) is 5.73 Å². The molecule has 0 spiro atoms.